The summed E-state index contributed by atoms with van der Waals surface area (Å²) in [6, 6.07) is 2.10. The van der Waals surface area contributed by atoms with Crippen molar-refractivity contribution in [3.8, 4) is 6.07 Å². The van der Waals surface area contributed by atoms with Crippen molar-refractivity contribution in [2.75, 3.05) is 13.1 Å². The van der Waals surface area contributed by atoms with Crippen LogP contribution in [0, 0.1) is 16.7 Å². The summed E-state index contributed by atoms with van der Waals surface area (Å²) in [4.78, 5) is 0. The van der Waals surface area contributed by atoms with E-state index < -0.39 is 17.9 Å². The number of halogens is 2. The lowest BCUT2D eigenvalue weighted by Crippen LogP contribution is -2.33. The molecule has 1 atom stereocenters. The van der Waals surface area contributed by atoms with E-state index in [1.807, 2.05) is 0 Å². The van der Waals surface area contributed by atoms with Gasteiger partial charge in [-0.25, -0.2) is 8.78 Å². The average Bonchev–Trinajstić information content (AvgIpc) is 2.12. The van der Waals surface area contributed by atoms with Crippen LogP contribution in [0.1, 0.15) is 20.3 Å². The van der Waals surface area contributed by atoms with Gasteiger partial charge < -0.3 is 10.4 Å². The van der Waals surface area contributed by atoms with Gasteiger partial charge in [-0.2, -0.15) is 5.26 Å². The van der Waals surface area contributed by atoms with Crippen molar-refractivity contribution < 1.29 is 13.9 Å². The highest BCUT2D eigenvalue weighted by atomic mass is 19.3. The first-order chi connectivity index (χ1) is 6.39. The number of hydrogen-bond acceptors (Lipinski definition) is 3. The summed E-state index contributed by atoms with van der Waals surface area (Å²) < 4.78 is 23.6. The van der Waals surface area contributed by atoms with E-state index in [1.54, 1.807) is 13.8 Å². The van der Waals surface area contributed by atoms with Gasteiger partial charge in [-0.15, -0.1) is 0 Å². The SMILES string of the molecule is CC(C)(C#N)CCNCC(O)C(F)F. The molecule has 0 fully saturated rings. The van der Waals surface area contributed by atoms with Gasteiger partial charge in [0.15, 0.2) is 0 Å². The van der Waals surface area contributed by atoms with Crippen LogP contribution >= 0.6 is 0 Å². The lowest BCUT2D eigenvalue weighted by atomic mass is 9.91. The second-order valence-corrected chi connectivity index (χ2v) is 3.85. The Morgan fingerprint density at radius 1 is 1.50 bits per heavy atom. The van der Waals surface area contributed by atoms with Crippen molar-refractivity contribution in [2.45, 2.75) is 32.8 Å². The third-order valence-corrected chi connectivity index (χ3v) is 1.87. The predicted molar refractivity (Wildman–Crippen MR) is 48.9 cm³/mol. The fourth-order valence-corrected chi connectivity index (χ4v) is 0.796. The van der Waals surface area contributed by atoms with Crippen LogP contribution in [0.3, 0.4) is 0 Å². The van der Waals surface area contributed by atoms with Gasteiger partial charge in [0.1, 0.15) is 6.10 Å². The number of hydrogen-bond donors (Lipinski definition) is 2. The first-order valence-corrected chi connectivity index (χ1v) is 4.47. The van der Waals surface area contributed by atoms with E-state index in [0.29, 0.717) is 13.0 Å². The number of alkyl halides is 2. The molecule has 0 aromatic heterocycles. The molecule has 0 spiro atoms. The maximum atomic E-state index is 11.8. The molecule has 82 valence electrons. The van der Waals surface area contributed by atoms with Gasteiger partial charge in [0.05, 0.1) is 11.5 Å². The molecule has 0 radical (unpaired) electrons. The van der Waals surface area contributed by atoms with E-state index in [-0.39, 0.29) is 6.54 Å². The molecule has 2 N–H and O–H groups in total. The second-order valence-electron chi connectivity index (χ2n) is 3.85. The molecule has 0 saturated heterocycles. The summed E-state index contributed by atoms with van der Waals surface area (Å²) in [6.07, 6.45) is -3.77. The Morgan fingerprint density at radius 3 is 2.50 bits per heavy atom. The maximum Gasteiger partial charge on any atom is 0.265 e. The van der Waals surface area contributed by atoms with Gasteiger partial charge in [-0.05, 0) is 26.8 Å². The molecular formula is C9H16F2N2O. The molecule has 0 rings (SSSR count). The van der Waals surface area contributed by atoms with Gasteiger partial charge in [-0.3, -0.25) is 0 Å². The van der Waals surface area contributed by atoms with Crippen molar-refractivity contribution in [1.82, 2.24) is 5.32 Å². The Labute approximate surface area is 82.7 Å². The summed E-state index contributed by atoms with van der Waals surface area (Å²) in [5.41, 5.74) is -0.456. The molecular weight excluding hydrogens is 190 g/mol. The van der Waals surface area contributed by atoms with Gasteiger partial charge in [-0.1, -0.05) is 0 Å². The molecule has 0 aliphatic heterocycles. The highest BCUT2D eigenvalue weighted by molar-refractivity contribution is 4.91. The monoisotopic (exact) mass is 206 g/mol. The molecule has 14 heavy (non-hydrogen) atoms. The molecule has 0 heterocycles. The van der Waals surface area contributed by atoms with E-state index >= 15 is 0 Å². The topological polar surface area (TPSA) is 56.0 Å². The standard InChI is InChI=1S/C9H16F2N2O/c1-9(2,6-12)3-4-13-5-7(14)8(10)11/h7-8,13-14H,3-5H2,1-2H3. The molecule has 0 amide bonds. The Morgan fingerprint density at radius 2 is 2.07 bits per heavy atom. The number of aliphatic hydroxyl groups is 1. The molecule has 0 bridgehead atoms. The third kappa shape index (κ3) is 5.84. The van der Waals surface area contributed by atoms with Gasteiger partial charge in [0.25, 0.3) is 6.43 Å². The number of nitrogens with zero attached hydrogens (tertiary/aromatic N) is 1. The molecule has 0 aromatic rings. The molecule has 3 nitrogen and oxygen atoms in total. The highest BCUT2D eigenvalue weighted by Gasteiger charge is 2.18. The summed E-state index contributed by atoms with van der Waals surface area (Å²) in [5.74, 6) is 0. The van der Waals surface area contributed by atoms with E-state index in [9.17, 15) is 8.78 Å². The van der Waals surface area contributed by atoms with E-state index in [2.05, 4.69) is 11.4 Å². The average molecular weight is 206 g/mol. The normalized spacial score (nSPS) is 14.1. The number of nitriles is 1. The van der Waals surface area contributed by atoms with E-state index in [4.69, 9.17) is 10.4 Å². The fourth-order valence-electron chi connectivity index (χ4n) is 0.796. The number of rotatable bonds is 6. The zero-order valence-corrected chi connectivity index (χ0v) is 8.43. The van der Waals surface area contributed by atoms with Crippen LogP contribution in [-0.4, -0.2) is 30.7 Å². The molecule has 0 aliphatic carbocycles. The van der Waals surface area contributed by atoms with Crippen molar-refractivity contribution >= 4 is 0 Å². The number of nitrogens with one attached hydrogen (secondary N) is 1. The Balaban J connectivity index is 3.53. The lowest BCUT2D eigenvalue weighted by molar-refractivity contribution is -0.00333. The minimum atomic E-state index is -2.72. The molecule has 0 aliphatic rings. The van der Waals surface area contributed by atoms with Crippen LogP contribution in [-0.2, 0) is 0 Å². The highest BCUT2D eigenvalue weighted by Crippen LogP contribution is 2.17. The smallest absolute Gasteiger partial charge is 0.265 e. The third-order valence-electron chi connectivity index (χ3n) is 1.87. The Kier molecular flexibility index (Phi) is 5.58. The van der Waals surface area contributed by atoms with Crippen molar-refractivity contribution in [3.63, 3.8) is 0 Å². The van der Waals surface area contributed by atoms with Gasteiger partial charge in [0, 0.05) is 6.54 Å². The minimum Gasteiger partial charge on any atom is -0.386 e. The zero-order chi connectivity index (χ0) is 11.2. The molecule has 5 heteroatoms. The summed E-state index contributed by atoms with van der Waals surface area (Å²) in [7, 11) is 0. The summed E-state index contributed by atoms with van der Waals surface area (Å²) in [6.45, 7) is 3.86. The van der Waals surface area contributed by atoms with Crippen LogP contribution < -0.4 is 5.32 Å². The first kappa shape index (κ1) is 13.3. The van der Waals surface area contributed by atoms with Crippen LogP contribution in [0.5, 0.6) is 0 Å². The quantitative estimate of drug-likeness (QED) is 0.641. The Hall–Kier alpha value is -0.730. The minimum absolute atomic E-state index is 0.140. The van der Waals surface area contributed by atoms with Gasteiger partial charge in [0.2, 0.25) is 0 Å². The van der Waals surface area contributed by atoms with Crippen molar-refractivity contribution in [3.05, 3.63) is 0 Å². The maximum absolute atomic E-state index is 11.8. The second kappa shape index (κ2) is 5.89. The molecule has 1 unspecified atom stereocenters. The largest absolute Gasteiger partial charge is 0.386 e. The van der Waals surface area contributed by atoms with E-state index in [1.165, 1.54) is 0 Å². The van der Waals surface area contributed by atoms with Gasteiger partial charge >= 0.3 is 0 Å². The van der Waals surface area contributed by atoms with Crippen LogP contribution in [0.2, 0.25) is 0 Å². The summed E-state index contributed by atoms with van der Waals surface area (Å²) in [5, 5.41) is 20.1. The first-order valence-electron chi connectivity index (χ1n) is 4.47. The number of aliphatic hydroxyl groups excluding tert-OH is 1. The van der Waals surface area contributed by atoms with Crippen molar-refractivity contribution in [2.24, 2.45) is 5.41 Å². The fraction of sp³-hybridized carbons (Fsp3) is 0.889. The Bertz CT molecular complexity index is 201. The van der Waals surface area contributed by atoms with Crippen LogP contribution in [0.4, 0.5) is 8.78 Å². The van der Waals surface area contributed by atoms with Crippen molar-refractivity contribution in [1.29, 1.82) is 5.26 Å². The van der Waals surface area contributed by atoms with E-state index in [0.717, 1.165) is 0 Å². The molecule has 0 aromatic carbocycles. The lowest BCUT2D eigenvalue weighted by Gasteiger charge is -2.16. The van der Waals surface area contributed by atoms with Crippen LogP contribution in [0.25, 0.3) is 0 Å². The predicted octanol–water partition coefficient (Wildman–Crippen LogP) is 1.14. The molecule has 0 saturated carbocycles. The van der Waals surface area contributed by atoms with Crippen LogP contribution in [0.15, 0.2) is 0 Å². The zero-order valence-electron chi connectivity index (χ0n) is 8.43. The summed E-state index contributed by atoms with van der Waals surface area (Å²) >= 11 is 0.